The molecule has 0 spiro atoms. The van der Waals surface area contributed by atoms with Crippen molar-refractivity contribution in [3.8, 4) is 28.0 Å². The molecule has 0 N–H and O–H groups in total. The van der Waals surface area contributed by atoms with Gasteiger partial charge in [0.2, 0.25) is 5.82 Å². The van der Waals surface area contributed by atoms with Gasteiger partial charge in [-0.2, -0.15) is 4.39 Å². The number of rotatable bonds is 8. The molecule has 33 heavy (non-hydrogen) atoms. The van der Waals surface area contributed by atoms with E-state index in [0.717, 1.165) is 29.8 Å². The standard InChI is InChI=1S/C28H31F2NO2/c1-3-5-6-19-7-15-25(33-18-19)24-14-12-22(17-31-24)20-8-10-21(11-9-20)23-13-16-26(32-4-2)28(30)27(23)29/h8-14,16-17,19,25H,3-7,15,18H2,1-2H3. The van der Waals surface area contributed by atoms with Gasteiger partial charge in [-0.15, -0.1) is 0 Å². The van der Waals surface area contributed by atoms with Gasteiger partial charge in [-0.3, -0.25) is 4.98 Å². The highest BCUT2D eigenvalue weighted by Gasteiger charge is 2.23. The normalized spacial score (nSPS) is 18.3. The van der Waals surface area contributed by atoms with Crippen molar-refractivity contribution < 1.29 is 18.3 Å². The van der Waals surface area contributed by atoms with Gasteiger partial charge in [-0.25, -0.2) is 4.39 Å². The Bertz CT molecular complexity index is 1040. The van der Waals surface area contributed by atoms with Gasteiger partial charge in [-0.05, 0) is 61.4 Å². The molecular formula is C28H31F2NO2. The Kier molecular flexibility index (Phi) is 7.71. The molecule has 1 aliphatic rings. The van der Waals surface area contributed by atoms with E-state index in [0.29, 0.717) is 11.5 Å². The molecule has 3 aromatic rings. The van der Waals surface area contributed by atoms with Crippen LogP contribution in [0.1, 0.15) is 57.7 Å². The van der Waals surface area contributed by atoms with Crippen molar-refractivity contribution >= 4 is 0 Å². The Morgan fingerprint density at radius 2 is 1.67 bits per heavy atom. The van der Waals surface area contributed by atoms with Crippen molar-refractivity contribution in [3.05, 3.63) is 72.1 Å². The highest BCUT2D eigenvalue weighted by atomic mass is 19.2. The predicted octanol–water partition coefficient (Wildman–Crippen LogP) is 7.75. The summed E-state index contributed by atoms with van der Waals surface area (Å²) in [6, 6.07) is 14.5. The third-order valence-electron chi connectivity index (χ3n) is 6.33. The fourth-order valence-corrected chi connectivity index (χ4v) is 4.39. The lowest BCUT2D eigenvalue weighted by molar-refractivity contribution is -0.0219. The zero-order chi connectivity index (χ0) is 23.2. The second-order valence-electron chi connectivity index (χ2n) is 8.63. The van der Waals surface area contributed by atoms with E-state index in [2.05, 4.69) is 11.9 Å². The zero-order valence-electron chi connectivity index (χ0n) is 19.3. The Morgan fingerprint density at radius 1 is 0.909 bits per heavy atom. The quantitative estimate of drug-likeness (QED) is 0.351. The first-order valence-corrected chi connectivity index (χ1v) is 11.9. The summed E-state index contributed by atoms with van der Waals surface area (Å²) >= 11 is 0. The third-order valence-corrected chi connectivity index (χ3v) is 6.33. The molecule has 1 aromatic heterocycles. The molecule has 2 unspecified atom stereocenters. The topological polar surface area (TPSA) is 31.4 Å². The minimum atomic E-state index is -0.958. The van der Waals surface area contributed by atoms with E-state index in [-0.39, 0.29) is 24.0 Å². The Balaban J connectivity index is 1.43. The van der Waals surface area contributed by atoms with Crippen LogP contribution in [0, 0.1) is 17.6 Å². The van der Waals surface area contributed by atoms with Crippen LogP contribution in [0.2, 0.25) is 0 Å². The monoisotopic (exact) mass is 451 g/mol. The van der Waals surface area contributed by atoms with Crippen LogP contribution in [0.5, 0.6) is 5.75 Å². The SMILES string of the molecule is CCCCC1CCC(c2ccc(-c3ccc(-c4ccc(OCC)c(F)c4F)cc3)cn2)OC1. The lowest BCUT2D eigenvalue weighted by atomic mass is 9.92. The summed E-state index contributed by atoms with van der Waals surface area (Å²) in [6.07, 6.45) is 7.88. The number of pyridine rings is 1. The van der Waals surface area contributed by atoms with Crippen molar-refractivity contribution in [2.45, 2.75) is 52.1 Å². The lowest BCUT2D eigenvalue weighted by Gasteiger charge is -2.28. The van der Waals surface area contributed by atoms with Crippen LogP contribution in [-0.2, 0) is 4.74 Å². The largest absolute Gasteiger partial charge is 0.491 e. The van der Waals surface area contributed by atoms with E-state index in [4.69, 9.17) is 9.47 Å². The highest BCUT2D eigenvalue weighted by molar-refractivity contribution is 5.71. The van der Waals surface area contributed by atoms with E-state index in [9.17, 15) is 8.78 Å². The van der Waals surface area contributed by atoms with Gasteiger partial charge < -0.3 is 9.47 Å². The number of halogens is 2. The summed E-state index contributed by atoms with van der Waals surface area (Å²) in [6.45, 7) is 5.06. The molecule has 3 nitrogen and oxygen atoms in total. The summed E-state index contributed by atoms with van der Waals surface area (Å²) in [5.74, 6) is -1.25. The van der Waals surface area contributed by atoms with Crippen LogP contribution in [0.4, 0.5) is 8.78 Å². The molecule has 2 heterocycles. The fraction of sp³-hybridized carbons (Fsp3) is 0.393. The number of aromatic nitrogens is 1. The second-order valence-corrected chi connectivity index (χ2v) is 8.63. The van der Waals surface area contributed by atoms with Crippen LogP contribution in [-0.4, -0.2) is 18.2 Å². The van der Waals surface area contributed by atoms with Gasteiger partial charge in [0.05, 0.1) is 25.0 Å². The number of benzene rings is 2. The summed E-state index contributed by atoms with van der Waals surface area (Å²) in [7, 11) is 0. The first kappa shape index (κ1) is 23.4. The minimum absolute atomic E-state index is 0.0665. The van der Waals surface area contributed by atoms with Crippen molar-refractivity contribution in [3.63, 3.8) is 0 Å². The Morgan fingerprint density at radius 3 is 2.30 bits per heavy atom. The lowest BCUT2D eigenvalue weighted by Crippen LogP contribution is -2.21. The summed E-state index contributed by atoms with van der Waals surface area (Å²) in [5.41, 5.74) is 3.73. The van der Waals surface area contributed by atoms with Gasteiger partial charge in [-0.1, -0.05) is 50.1 Å². The average Bonchev–Trinajstić information content (AvgIpc) is 2.86. The number of nitrogens with zero attached hydrogens (tertiary/aromatic N) is 1. The van der Waals surface area contributed by atoms with Crippen LogP contribution in [0.15, 0.2) is 54.7 Å². The van der Waals surface area contributed by atoms with E-state index >= 15 is 0 Å². The second kappa shape index (κ2) is 10.9. The summed E-state index contributed by atoms with van der Waals surface area (Å²) in [5, 5.41) is 0. The van der Waals surface area contributed by atoms with E-state index < -0.39 is 11.6 Å². The maximum atomic E-state index is 14.5. The van der Waals surface area contributed by atoms with Crippen molar-refractivity contribution in [2.75, 3.05) is 13.2 Å². The Hall–Kier alpha value is -2.79. The maximum Gasteiger partial charge on any atom is 0.201 e. The van der Waals surface area contributed by atoms with Gasteiger partial charge >= 0.3 is 0 Å². The van der Waals surface area contributed by atoms with Gasteiger partial charge in [0.25, 0.3) is 0 Å². The smallest absolute Gasteiger partial charge is 0.201 e. The zero-order valence-corrected chi connectivity index (χ0v) is 19.3. The summed E-state index contributed by atoms with van der Waals surface area (Å²) < 4.78 is 40.0. The first-order chi connectivity index (χ1) is 16.1. The van der Waals surface area contributed by atoms with E-state index in [1.807, 2.05) is 30.5 Å². The molecule has 0 amide bonds. The average molecular weight is 452 g/mol. The molecule has 0 radical (unpaired) electrons. The first-order valence-electron chi connectivity index (χ1n) is 11.9. The Labute approximate surface area is 194 Å². The number of hydrogen-bond donors (Lipinski definition) is 0. The molecule has 1 fully saturated rings. The molecule has 1 aliphatic heterocycles. The number of unbranched alkanes of at least 4 members (excludes halogenated alkanes) is 1. The molecule has 1 saturated heterocycles. The number of ether oxygens (including phenoxy) is 2. The third kappa shape index (κ3) is 5.41. The van der Waals surface area contributed by atoms with Crippen LogP contribution < -0.4 is 4.74 Å². The van der Waals surface area contributed by atoms with Crippen molar-refractivity contribution in [2.24, 2.45) is 5.92 Å². The molecule has 5 heteroatoms. The molecule has 0 saturated carbocycles. The van der Waals surface area contributed by atoms with Gasteiger partial charge in [0.1, 0.15) is 0 Å². The molecule has 0 aliphatic carbocycles. The number of hydrogen-bond acceptors (Lipinski definition) is 3. The van der Waals surface area contributed by atoms with Gasteiger partial charge in [0, 0.05) is 17.3 Å². The highest BCUT2D eigenvalue weighted by Crippen LogP contribution is 2.34. The fourth-order valence-electron chi connectivity index (χ4n) is 4.39. The molecule has 4 rings (SSSR count). The molecule has 2 atom stereocenters. The molecule has 0 bridgehead atoms. The molecular weight excluding hydrogens is 420 g/mol. The van der Waals surface area contributed by atoms with Crippen molar-refractivity contribution in [1.29, 1.82) is 0 Å². The molecule has 2 aromatic carbocycles. The van der Waals surface area contributed by atoms with E-state index in [1.54, 1.807) is 25.1 Å². The predicted molar refractivity (Wildman–Crippen MR) is 127 cm³/mol. The van der Waals surface area contributed by atoms with Crippen molar-refractivity contribution in [1.82, 2.24) is 4.98 Å². The van der Waals surface area contributed by atoms with Gasteiger partial charge in [0.15, 0.2) is 11.6 Å². The summed E-state index contributed by atoms with van der Waals surface area (Å²) in [4.78, 5) is 4.65. The maximum absolute atomic E-state index is 14.5. The molecule has 174 valence electrons. The van der Waals surface area contributed by atoms with Crippen LogP contribution in [0.3, 0.4) is 0 Å². The minimum Gasteiger partial charge on any atom is -0.491 e. The van der Waals surface area contributed by atoms with E-state index in [1.165, 1.54) is 31.7 Å². The van der Waals surface area contributed by atoms with Crippen LogP contribution >= 0.6 is 0 Å². The van der Waals surface area contributed by atoms with Crippen LogP contribution in [0.25, 0.3) is 22.3 Å².